The number of urea groups is 1. The maximum atomic E-state index is 14.8. The van der Waals surface area contributed by atoms with Crippen molar-refractivity contribution in [2.45, 2.75) is 91.0 Å². The van der Waals surface area contributed by atoms with Crippen LogP contribution in [0.25, 0.3) is 11.3 Å². The maximum absolute atomic E-state index is 14.8. The zero-order chi connectivity index (χ0) is 43.2. The van der Waals surface area contributed by atoms with Crippen LogP contribution in [0, 0.1) is 18.3 Å². The highest BCUT2D eigenvalue weighted by Gasteiger charge is 2.42. The third kappa shape index (κ3) is 12.6. The van der Waals surface area contributed by atoms with Crippen LogP contribution in [0.5, 0.6) is 0 Å². The second-order valence-corrected chi connectivity index (χ2v) is 16.6. The molecule has 1 aliphatic rings. The molecule has 5 rings (SSSR count). The maximum Gasteiger partial charge on any atom is 0.406 e. The zero-order valence-corrected chi connectivity index (χ0v) is 35.8. The predicted molar refractivity (Wildman–Crippen MR) is 232 cm³/mol. The van der Waals surface area contributed by atoms with Crippen molar-refractivity contribution in [1.29, 1.82) is 0 Å². The van der Waals surface area contributed by atoms with Crippen molar-refractivity contribution in [1.82, 2.24) is 35.7 Å². The summed E-state index contributed by atoms with van der Waals surface area (Å²) in [6.45, 7) is 11.2. The van der Waals surface area contributed by atoms with Crippen molar-refractivity contribution in [2.75, 3.05) is 33.3 Å². The first-order valence-electron chi connectivity index (χ1n) is 20.9. The van der Waals surface area contributed by atoms with Crippen LogP contribution in [0.4, 0.5) is 9.59 Å². The lowest BCUT2D eigenvalue weighted by molar-refractivity contribution is -0.129. The molecule has 0 saturated carbocycles. The fraction of sp³-hybridized carbons (Fsp3) is 0.447. The van der Waals surface area contributed by atoms with Gasteiger partial charge in [0.15, 0.2) is 0 Å². The number of methoxy groups -OCH3 is 1. The summed E-state index contributed by atoms with van der Waals surface area (Å²) in [5.74, 6) is -1.15. The van der Waals surface area contributed by atoms with E-state index >= 15 is 0 Å². The van der Waals surface area contributed by atoms with Crippen LogP contribution in [-0.4, -0.2) is 100 Å². The van der Waals surface area contributed by atoms with Gasteiger partial charge in [-0.1, -0.05) is 101 Å². The van der Waals surface area contributed by atoms with E-state index in [-0.39, 0.29) is 55.6 Å². The van der Waals surface area contributed by atoms with Gasteiger partial charge >= 0.3 is 12.1 Å². The number of aliphatic hydroxyl groups is 1. The van der Waals surface area contributed by atoms with Crippen LogP contribution in [0.3, 0.4) is 0 Å². The van der Waals surface area contributed by atoms with Crippen LogP contribution in [-0.2, 0) is 27.3 Å². The van der Waals surface area contributed by atoms with Crippen LogP contribution >= 0.6 is 0 Å². The molecule has 0 spiro atoms. The number of carbonyl (C=O) groups is 4. The van der Waals surface area contributed by atoms with E-state index in [2.05, 4.69) is 30.7 Å². The Labute approximate surface area is 354 Å². The molecule has 60 heavy (non-hydrogen) atoms. The van der Waals surface area contributed by atoms with Crippen LogP contribution in [0.2, 0.25) is 0 Å². The summed E-state index contributed by atoms with van der Waals surface area (Å²) in [6.07, 6.45) is 1.51. The van der Waals surface area contributed by atoms with Crippen molar-refractivity contribution in [3.05, 3.63) is 120 Å². The van der Waals surface area contributed by atoms with Gasteiger partial charge < -0.3 is 35.6 Å². The van der Waals surface area contributed by atoms with Gasteiger partial charge in [0.2, 0.25) is 11.8 Å². The molecule has 5 atom stereocenters. The number of ether oxygens (including phenoxy) is 1. The molecule has 0 aliphatic carbocycles. The molecule has 1 fully saturated rings. The minimum absolute atomic E-state index is 0.131. The second-order valence-electron chi connectivity index (χ2n) is 16.6. The number of aryl methyl sites for hydroxylation is 1. The van der Waals surface area contributed by atoms with E-state index in [1.54, 1.807) is 16.0 Å². The summed E-state index contributed by atoms with van der Waals surface area (Å²) in [7, 11) is 1.29. The van der Waals surface area contributed by atoms with Gasteiger partial charge in [0, 0.05) is 56.0 Å². The number of pyridine rings is 2. The smallest absolute Gasteiger partial charge is 0.406 e. The summed E-state index contributed by atoms with van der Waals surface area (Å²) in [6, 6.07) is 27.7. The summed E-state index contributed by atoms with van der Waals surface area (Å²) < 4.78 is 4.67. The van der Waals surface area contributed by atoms with E-state index in [9.17, 15) is 24.3 Å². The number of amides is 5. The number of aliphatic hydroxyl groups excluding tert-OH is 1. The van der Waals surface area contributed by atoms with Crippen molar-refractivity contribution >= 4 is 23.9 Å². The van der Waals surface area contributed by atoms with E-state index in [0.717, 1.165) is 33.8 Å². The van der Waals surface area contributed by atoms with E-state index in [4.69, 9.17) is 0 Å². The minimum Gasteiger partial charge on any atom is -0.453 e. The molecule has 3 heterocycles. The molecule has 320 valence electrons. The summed E-state index contributed by atoms with van der Waals surface area (Å²) in [4.78, 5) is 66.0. The molecule has 13 nitrogen and oxygen atoms in total. The van der Waals surface area contributed by atoms with Gasteiger partial charge in [-0.3, -0.25) is 19.6 Å². The number of alkyl carbamates (subject to hydrolysis) is 1. The molecule has 0 bridgehead atoms. The Morgan fingerprint density at radius 1 is 0.933 bits per heavy atom. The fourth-order valence-corrected chi connectivity index (χ4v) is 7.77. The molecule has 2 aromatic heterocycles. The van der Waals surface area contributed by atoms with Crippen molar-refractivity contribution in [3.63, 3.8) is 0 Å². The zero-order valence-electron chi connectivity index (χ0n) is 35.8. The molecule has 5 unspecified atom stereocenters. The topological polar surface area (TPSA) is 166 Å². The van der Waals surface area contributed by atoms with Crippen LogP contribution in [0.15, 0.2) is 97.2 Å². The highest BCUT2D eigenvalue weighted by molar-refractivity contribution is 5.88. The third-order valence-corrected chi connectivity index (χ3v) is 11.3. The van der Waals surface area contributed by atoms with Gasteiger partial charge in [-0.15, -0.1) is 0 Å². The normalized spacial score (nSPS) is 15.4. The van der Waals surface area contributed by atoms with Crippen molar-refractivity contribution in [2.24, 2.45) is 11.3 Å². The monoisotopic (exact) mass is 819 g/mol. The van der Waals surface area contributed by atoms with Gasteiger partial charge in [0.1, 0.15) is 6.04 Å². The standard InChI is InChI=1S/C47H61N7O6/c1-7-32(2)43(54-27-26-53(46(54)59)30-37-17-13-14-33(3)51-37)44(57)52-42(40(55)23-25-49-41(56)29-47(4,5)31-50-45(58)60-6)38(35-15-9-8-10-16-35)28-34-19-21-36(22-20-34)39-18-11-12-24-48-39/h8-22,24,32,38,40,42-43,55H,7,23,25-31H2,1-6H3,(H,49,56)(H,50,58)(H,52,57). The first-order valence-corrected chi connectivity index (χ1v) is 20.9. The van der Waals surface area contributed by atoms with Crippen molar-refractivity contribution in [3.8, 4) is 11.3 Å². The lowest BCUT2D eigenvalue weighted by Gasteiger charge is -2.37. The molecule has 1 saturated heterocycles. The largest absolute Gasteiger partial charge is 0.453 e. The van der Waals surface area contributed by atoms with E-state index in [1.165, 1.54) is 7.11 Å². The molecule has 2 aromatic carbocycles. The van der Waals surface area contributed by atoms with E-state index in [0.29, 0.717) is 32.5 Å². The summed E-state index contributed by atoms with van der Waals surface area (Å²) >= 11 is 0. The van der Waals surface area contributed by atoms with Gasteiger partial charge in [-0.2, -0.15) is 0 Å². The lowest BCUT2D eigenvalue weighted by Crippen LogP contribution is -2.57. The highest BCUT2D eigenvalue weighted by atomic mass is 16.5. The highest BCUT2D eigenvalue weighted by Crippen LogP contribution is 2.30. The molecule has 0 radical (unpaired) electrons. The number of nitrogens with one attached hydrogen (secondary N) is 3. The number of hydrogen-bond donors (Lipinski definition) is 4. The molecule has 4 aromatic rings. The first-order chi connectivity index (χ1) is 28.8. The number of rotatable bonds is 20. The molecular weight excluding hydrogens is 759 g/mol. The molecule has 1 aliphatic heterocycles. The molecule has 13 heteroatoms. The minimum atomic E-state index is -1.09. The average molecular weight is 820 g/mol. The van der Waals surface area contributed by atoms with E-state index in [1.807, 2.05) is 126 Å². The number of nitrogens with zero attached hydrogens (tertiary/aromatic N) is 4. The van der Waals surface area contributed by atoms with Crippen molar-refractivity contribution < 1.29 is 29.0 Å². The van der Waals surface area contributed by atoms with Gasteiger partial charge in [0.05, 0.1) is 37.2 Å². The Balaban J connectivity index is 1.40. The Morgan fingerprint density at radius 2 is 1.67 bits per heavy atom. The first kappa shape index (κ1) is 45.3. The molecular formula is C47H61N7O6. The average Bonchev–Trinajstić information content (AvgIpc) is 3.59. The summed E-state index contributed by atoms with van der Waals surface area (Å²) in [5.41, 5.74) is 4.85. The van der Waals surface area contributed by atoms with E-state index < -0.39 is 29.7 Å². The Hall–Kier alpha value is -5.82. The fourth-order valence-electron chi connectivity index (χ4n) is 7.77. The van der Waals surface area contributed by atoms with Gasteiger partial charge in [-0.05, 0) is 66.5 Å². The Bertz CT molecular complexity index is 2010. The molecule has 5 amide bonds. The number of carbonyl (C=O) groups excluding carboxylic acids is 4. The van der Waals surface area contributed by atoms with Gasteiger partial charge in [-0.25, -0.2) is 9.59 Å². The Morgan fingerprint density at radius 3 is 2.33 bits per heavy atom. The molecule has 4 N–H and O–H groups in total. The third-order valence-electron chi connectivity index (χ3n) is 11.3. The second kappa shape index (κ2) is 21.4. The number of aromatic nitrogens is 2. The van der Waals surface area contributed by atoms with Crippen LogP contribution < -0.4 is 16.0 Å². The van der Waals surface area contributed by atoms with Gasteiger partial charge in [0.25, 0.3) is 0 Å². The number of benzene rings is 2. The lowest BCUT2D eigenvalue weighted by atomic mass is 9.82. The van der Waals surface area contributed by atoms with Crippen LogP contribution in [0.1, 0.15) is 75.4 Å². The Kier molecular flexibility index (Phi) is 16.2. The SMILES string of the molecule is CCC(C)C(C(=O)NC(C(O)CCNC(=O)CC(C)(C)CNC(=O)OC)C(Cc1ccc(-c2ccccn2)cc1)c1ccccc1)N1CCN(Cc2cccc(C)n2)C1=O. The summed E-state index contributed by atoms with van der Waals surface area (Å²) in [5, 5.41) is 21.0. The predicted octanol–water partition coefficient (Wildman–Crippen LogP) is 6.26. The quantitative estimate of drug-likeness (QED) is 0.0812. The number of hydrogen-bond acceptors (Lipinski definition) is 8.